The van der Waals surface area contributed by atoms with Gasteiger partial charge in [0, 0.05) is 16.5 Å². The Morgan fingerprint density at radius 1 is 1.38 bits per heavy atom. The van der Waals surface area contributed by atoms with Crippen LogP contribution in [0.5, 0.6) is 0 Å². The van der Waals surface area contributed by atoms with Crippen molar-refractivity contribution >= 4 is 11.3 Å². The summed E-state index contributed by atoms with van der Waals surface area (Å²) in [5.74, 6) is -0.200. The van der Waals surface area contributed by atoms with E-state index in [1.54, 1.807) is 17.4 Å². The molecule has 0 spiro atoms. The zero-order valence-corrected chi connectivity index (χ0v) is 13.8. The second-order valence-electron chi connectivity index (χ2n) is 6.68. The van der Waals surface area contributed by atoms with E-state index in [-0.39, 0.29) is 11.2 Å². The maximum absolute atomic E-state index is 13.5. The predicted octanol–water partition coefficient (Wildman–Crippen LogP) is 4.49. The summed E-state index contributed by atoms with van der Waals surface area (Å²) in [6, 6.07) is 5.28. The molecule has 0 radical (unpaired) electrons. The molecule has 1 aromatic heterocycles. The molecule has 0 amide bonds. The van der Waals surface area contributed by atoms with Gasteiger partial charge in [-0.1, -0.05) is 19.9 Å². The van der Waals surface area contributed by atoms with Crippen molar-refractivity contribution < 1.29 is 4.39 Å². The highest BCUT2D eigenvalue weighted by Gasteiger charge is 2.34. The Balaban J connectivity index is 2.08. The zero-order chi connectivity index (χ0) is 15.2. The van der Waals surface area contributed by atoms with Gasteiger partial charge in [0.15, 0.2) is 0 Å². The lowest BCUT2D eigenvalue weighted by Gasteiger charge is -2.34. The van der Waals surface area contributed by atoms with E-state index in [4.69, 9.17) is 4.98 Å². The summed E-state index contributed by atoms with van der Waals surface area (Å²) in [7, 11) is 2.00. The number of hydrogen-bond donors (Lipinski definition) is 1. The van der Waals surface area contributed by atoms with Crippen LogP contribution in [0.1, 0.15) is 42.4 Å². The van der Waals surface area contributed by atoms with Crippen LogP contribution < -0.4 is 5.32 Å². The van der Waals surface area contributed by atoms with E-state index in [9.17, 15) is 4.39 Å². The fourth-order valence-corrected chi connectivity index (χ4v) is 4.38. The van der Waals surface area contributed by atoms with Crippen molar-refractivity contribution in [2.24, 2.45) is 5.41 Å². The largest absolute Gasteiger partial charge is 0.312 e. The Kier molecular flexibility index (Phi) is 3.62. The second-order valence-corrected chi connectivity index (χ2v) is 7.71. The van der Waals surface area contributed by atoms with E-state index in [2.05, 4.69) is 19.2 Å². The fraction of sp³-hybridized carbons (Fsp3) is 0.471. The van der Waals surface area contributed by atoms with Crippen LogP contribution in [-0.4, -0.2) is 12.0 Å². The summed E-state index contributed by atoms with van der Waals surface area (Å²) in [5.41, 5.74) is 3.42. The van der Waals surface area contributed by atoms with Crippen LogP contribution in [-0.2, 0) is 6.42 Å². The van der Waals surface area contributed by atoms with Gasteiger partial charge in [0.25, 0.3) is 0 Å². The van der Waals surface area contributed by atoms with Crippen LogP contribution in [0.3, 0.4) is 0 Å². The van der Waals surface area contributed by atoms with Gasteiger partial charge >= 0.3 is 0 Å². The summed E-state index contributed by atoms with van der Waals surface area (Å²) < 4.78 is 13.5. The normalized spacial score (nSPS) is 20.3. The molecular formula is C17H21FN2S. The second kappa shape index (κ2) is 5.18. The maximum Gasteiger partial charge on any atom is 0.124 e. The first kappa shape index (κ1) is 14.7. The average molecular weight is 304 g/mol. The molecule has 0 aliphatic heterocycles. The lowest BCUT2D eigenvalue weighted by molar-refractivity contribution is 0.265. The molecule has 2 aromatic rings. The lowest BCUT2D eigenvalue weighted by atomic mass is 9.76. The summed E-state index contributed by atoms with van der Waals surface area (Å²) in [5, 5.41) is 4.34. The highest BCUT2D eigenvalue weighted by Crippen LogP contribution is 2.45. The maximum atomic E-state index is 13.5. The van der Waals surface area contributed by atoms with E-state index in [1.807, 2.05) is 20.0 Å². The van der Waals surface area contributed by atoms with Crippen molar-refractivity contribution in [3.05, 3.63) is 40.2 Å². The Labute approximate surface area is 129 Å². The predicted molar refractivity (Wildman–Crippen MR) is 86.1 cm³/mol. The van der Waals surface area contributed by atoms with Gasteiger partial charge in [-0.3, -0.25) is 0 Å². The van der Waals surface area contributed by atoms with Gasteiger partial charge in [0.2, 0.25) is 0 Å². The number of nitrogens with zero attached hydrogens (tertiary/aromatic N) is 1. The molecule has 0 saturated heterocycles. The molecule has 21 heavy (non-hydrogen) atoms. The average Bonchev–Trinajstić information content (AvgIpc) is 2.82. The molecule has 1 aliphatic carbocycles. The molecule has 1 atom stereocenters. The number of hydrogen-bond acceptors (Lipinski definition) is 3. The summed E-state index contributed by atoms with van der Waals surface area (Å²) in [6.07, 6.45) is 2.10. The van der Waals surface area contributed by atoms with Crippen LogP contribution in [0, 0.1) is 18.2 Å². The summed E-state index contributed by atoms with van der Waals surface area (Å²) in [4.78, 5) is 6.14. The van der Waals surface area contributed by atoms with Gasteiger partial charge in [-0.2, -0.15) is 0 Å². The number of aryl methyl sites for hydroxylation is 1. The number of fused-ring (bicyclic) bond motifs is 1. The van der Waals surface area contributed by atoms with Crippen LogP contribution in [0.4, 0.5) is 4.39 Å². The van der Waals surface area contributed by atoms with Crippen LogP contribution in [0.25, 0.3) is 10.6 Å². The van der Waals surface area contributed by atoms with E-state index in [0.29, 0.717) is 6.04 Å². The fourth-order valence-electron chi connectivity index (χ4n) is 3.11. The van der Waals surface area contributed by atoms with E-state index < -0.39 is 0 Å². The van der Waals surface area contributed by atoms with Crippen molar-refractivity contribution in [2.75, 3.05) is 7.05 Å². The molecule has 1 heterocycles. The standard InChI is InChI=1S/C17H21FN2S/c1-10-5-6-11(18)7-12(10)16-20-14-9-17(2,3)8-13(19-4)15(14)21-16/h5-7,13,19H,8-9H2,1-4H3. The van der Waals surface area contributed by atoms with Gasteiger partial charge in [-0.05, 0) is 49.9 Å². The van der Waals surface area contributed by atoms with Crippen LogP contribution >= 0.6 is 11.3 Å². The molecule has 0 bridgehead atoms. The molecule has 2 nitrogen and oxygen atoms in total. The van der Waals surface area contributed by atoms with Crippen LogP contribution in [0.15, 0.2) is 18.2 Å². The zero-order valence-electron chi connectivity index (χ0n) is 13.0. The first-order chi connectivity index (χ1) is 9.89. The Bertz CT molecular complexity index is 675. The van der Waals surface area contributed by atoms with E-state index in [1.165, 1.54) is 16.6 Å². The van der Waals surface area contributed by atoms with Gasteiger partial charge in [-0.25, -0.2) is 9.37 Å². The monoisotopic (exact) mass is 304 g/mol. The molecule has 4 heteroatoms. The Morgan fingerprint density at radius 3 is 2.86 bits per heavy atom. The quantitative estimate of drug-likeness (QED) is 0.884. The minimum Gasteiger partial charge on any atom is -0.312 e. The van der Waals surface area contributed by atoms with Crippen molar-refractivity contribution in [2.45, 2.75) is 39.7 Å². The van der Waals surface area contributed by atoms with Crippen molar-refractivity contribution in [3.8, 4) is 10.6 Å². The van der Waals surface area contributed by atoms with E-state index in [0.717, 1.165) is 29.0 Å². The first-order valence-corrected chi connectivity index (χ1v) is 8.15. The molecule has 0 fully saturated rings. The topological polar surface area (TPSA) is 24.9 Å². The number of benzene rings is 1. The van der Waals surface area contributed by atoms with Crippen molar-refractivity contribution in [3.63, 3.8) is 0 Å². The smallest absolute Gasteiger partial charge is 0.124 e. The van der Waals surface area contributed by atoms with Gasteiger partial charge in [0.1, 0.15) is 10.8 Å². The number of thiazole rings is 1. The van der Waals surface area contributed by atoms with Crippen molar-refractivity contribution in [1.82, 2.24) is 10.3 Å². The number of aromatic nitrogens is 1. The molecule has 3 rings (SSSR count). The SMILES string of the molecule is CNC1CC(C)(C)Cc2nc(-c3cc(F)ccc3C)sc21. The van der Waals surface area contributed by atoms with Gasteiger partial charge in [-0.15, -0.1) is 11.3 Å². The Morgan fingerprint density at radius 2 is 2.14 bits per heavy atom. The molecular weight excluding hydrogens is 283 g/mol. The summed E-state index contributed by atoms with van der Waals surface area (Å²) >= 11 is 1.70. The number of nitrogens with one attached hydrogen (secondary N) is 1. The third kappa shape index (κ3) is 2.74. The molecule has 0 saturated carbocycles. The minimum atomic E-state index is -0.200. The first-order valence-electron chi connectivity index (χ1n) is 7.33. The highest BCUT2D eigenvalue weighted by molar-refractivity contribution is 7.15. The number of rotatable bonds is 2. The number of halogens is 1. The third-order valence-corrected chi connectivity index (χ3v) is 5.47. The van der Waals surface area contributed by atoms with Gasteiger partial charge < -0.3 is 5.32 Å². The van der Waals surface area contributed by atoms with Crippen LogP contribution in [0.2, 0.25) is 0 Å². The molecule has 1 N–H and O–H groups in total. The van der Waals surface area contributed by atoms with E-state index >= 15 is 0 Å². The van der Waals surface area contributed by atoms with Crippen molar-refractivity contribution in [1.29, 1.82) is 0 Å². The lowest BCUT2D eigenvalue weighted by Crippen LogP contribution is -2.30. The molecule has 1 unspecified atom stereocenters. The third-order valence-electron chi connectivity index (χ3n) is 4.23. The highest BCUT2D eigenvalue weighted by atomic mass is 32.1. The van der Waals surface area contributed by atoms with Gasteiger partial charge in [0.05, 0.1) is 5.69 Å². The Hall–Kier alpha value is -1.26. The minimum absolute atomic E-state index is 0.200. The molecule has 1 aliphatic rings. The molecule has 112 valence electrons. The molecule has 1 aromatic carbocycles. The summed E-state index contributed by atoms with van der Waals surface area (Å²) in [6.45, 7) is 6.58.